The quantitative estimate of drug-likeness (QED) is 0.424. The first-order valence-corrected chi connectivity index (χ1v) is 11.8. The second-order valence-electron chi connectivity index (χ2n) is 7.60. The summed E-state index contributed by atoms with van der Waals surface area (Å²) in [5.41, 5.74) is 2.08. The number of amides is 2. The maximum Gasteiger partial charge on any atom is 0.261 e. The van der Waals surface area contributed by atoms with Crippen molar-refractivity contribution in [3.63, 3.8) is 0 Å². The molecule has 2 amide bonds. The molecule has 0 fully saturated rings. The van der Waals surface area contributed by atoms with Crippen LogP contribution in [0.3, 0.4) is 0 Å². The highest BCUT2D eigenvalue weighted by molar-refractivity contribution is 9.10. The fraction of sp³-hybridized carbons (Fsp3) is 0.440. The highest BCUT2D eigenvalue weighted by Gasteiger charge is 2.26. The number of carbonyl (C=O) groups is 2. The van der Waals surface area contributed by atoms with Crippen molar-refractivity contribution in [2.45, 2.75) is 52.6 Å². The van der Waals surface area contributed by atoms with Gasteiger partial charge in [0.25, 0.3) is 5.91 Å². The maximum atomic E-state index is 13.1. The molecule has 0 aromatic heterocycles. The van der Waals surface area contributed by atoms with Gasteiger partial charge in [-0.3, -0.25) is 9.59 Å². The Hall–Kier alpha value is -2.54. The molecule has 0 spiro atoms. The van der Waals surface area contributed by atoms with Gasteiger partial charge in [-0.05, 0) is 71.1 Å². The molecule has 174 valence electrons. The van der Waals surface area contributed by atoms with Crippen LogP contribution in [0.15, 0.2) is 46.9 Å². The van der Waals surface area contributed by atoms with E-state index in [1.54, 1.807) is 18.9 Å². The SMILES string of the molecule is CCCCNC(=O)C(C)N(Cc1ccc(OC)cc1)C(=O)COc1ccc(CC)cc1Br. The fourth-order valence-electron chi connectivity index (χ4n) is 3.15. The number of ether oxygens (including phenoxy) is 2. The number of methoxy groups -OCH3 is 1. The third-order valence-electron chi connectivity index (χ3n) is 5.26. The lowest BCUT2D eigenvalue weighted by Crippen LogP contribution is -2.49. The summed E-state index contributed by atoms with van der Waals surface area (Å²) in [6, 6.07) is 12.6. The third-order valence-corrected chi connectivity index (χ3v) is 5.88. The van der Waals surface area contributed by atoms with Crippen LogP contribution in [-0.4, -0.2) is 43.0 Å². The molecule has 1 atom stereocenters. The Labute approximate surface area is 199 Å². The average Bonchev–Trinajstić information content (AvgIpc) is 2.81. The Morgan fingerprint density at radius 1 is 1.09 bits per heavy atom. The fourth-order valence-corrected chi connectivity index (χ4v) is 3.69. The van der Waals surface area contributed by atoms with Crippen molar-refractivity contribution in [2.24, 2.45) is 0 Å². The average molecular weight is 505 g/mol. The Balaban J connectivity index is 2.13. The van der Waals surface area contributed by atoms with E-state index in [4.69, 9.17) is 9.47 Å². The van der Waals surface area contributed by atoms with Gasteiger partial charge in [-0.1, -0.05) is 38.5 Å². The molecule has 0 saturated heterocycles. The smallest absolute Gasteiger partial charge is 0.261 e. The van der Waals surface area contributed by atoms with Gasteiger partial charge in [-0.15, -0.1) is 0 Å². The van der Waals surface area contributed by atoms with Gasteiger partial charge >= 0.3 is 0 Å². The van der Waals surface area contributed by atoms with Gasteiger partial charge in [0.05, 0.1) is 11.6 Å². The zero-order valence-corrected chi connectivity index (χ0v) is 20.9. The van der Waals surface area contributed by atoms with Crippen LogP contribution in [0, 0.1) is 0 Å². The lowest BCUT2D eigenvalue weighted by Gasteiger charge is -2.29. The van der Waals surface area contributed by atoms with Crippen LogP contribution in [0.2, 0.25) is 0 Å². The molecule has 32 heavy (non-hydrogen) atoms. The topological polar surface area (TPSA) is 67.9 Å². The van der Waals surface area contributed by atoms with Gasteiger partial charge in [0, 0.05) is 13.1 Å². The molecular weight excluding hydrogens is 472 g/mol. The van der Waals surface area contributed by atoms with Crippen LogP contribution in [0.4, 0.5) is 0 Å². The highest BCUT2D eigenvalue weighted by Crippen LogP contribution is 2.26. The zero-order chi connectivity index (χ0) is 23.5. The summed E-state index contributed by atoms with van der Waals surface area (Å²) >= 11 is 3.50. The highest BCUT2D eigenvalue weighted by atomic mass is 79.9. The Morgan fingerprint density at radius 3 is 2.38 bits per heavy atom. The molecule has 0 heterocycles. The molecule has 6 nitrogen and oxygen atoms in total. The molecule has 1 N–H and O–H groups in total. The van der Waals surface area contributed by atoms with E-state index in [1.807, 2.05) is 42.5 Å². The molecular formula is C25H33BrN2O4. The van der Waals surface area contributed by atoms with E-state index in [9.17, 15) is 9.59 Å². The molecule has 0 bridgehead atoms. The van der Waals surface area contributed by atoms with Crippen molar-refractivity contribution in [3.05, 3.63) is 58.1 Å². The number of hydrogen-bond acceptors (Lipinski definition) is 4. The second-order valence-corrected chi connectivity index (χ2v) is 8.45. The number of aryl methyl sites for hydroxylation is 1. The molecule has 0 radical (unpaired) electrons. The van der Waals surface area contributed by atoms with Crippen LogP contribution in [-0.2, 0) is 22.6 Å². The summed E-state index contributed by atoms with van der Waals surface area (Å²) in [7, 11) is 1.61. The minimum Gasteiger partial charge on any atom is -0.497 e. The standard InChI is InChI=1S/C25H33BrN2O4/c1-5-7-14-27-25(30)18(3)28(16-20-8-11-21(31-4)12-9-20)24(29)17-32-23-13-10-19(6-2)15-22(23)26/h8-13,15,18H,5-7,14,16-17H2,1-4H3,(H,27,30). The maximum absolute atomic E-state index is 13.1. The van der Waals surface area contributed by atoms with Crippen LogP contribution in [0.1, 0.15) is 44.7 Å². The van der Waals surface area contributed by atoms with E-state index in [2.05, 4.69) is 35.1 Å². The van der Waals surface area contributed by atoms with E-state index in [1.165, 1.54) is 5.56 Å². The molecule has 0 aliphatic heterocycles. The van der Waals surface area contributed by atoms with E-state index in [-0.39, 0.29) is 18.4 Å². The Morgan fingerprint density at radius 2 is 1.78 bits per heavy atom. The third kappa shape index (κ3) is 7.55. The number of hydrogen-bond donors (Lipinski definition) is 1. The molecule has 2 rings (SSSR count). The van der Waals surface area contributed by atoms with Gasteiger partial charge < -0.3 is 19.7 Å². The first kappa shape index (κ1) is 25.7. The minimum absolute atomic E-state index is 0.160. The summed E-state index contributed by atoms with van der Waals surface area (Å²) in [5.74, 6) is 0.903. The lowest BCUT2D eigenvalue weighted by atomic mass is 10.1. The van der Waals surface area contributed by atoms with E-state index >= 15 is 0 Å². The molecule has 1 unspecified atom stereocenters. The van der Waals surface area contributed by atoms with Gasteiger partial charge in [-0.25, -0.2) is 0 Å². The molecule has 0 aliphatic rings. The van der Waals surface area contributed by atoms with Gasteiger partial charge in [-0.2, -0.15) is 0 Å². The summed E-state index contributed by atoms with van der Waals surface area (Å²) in [6.45, 7) is 6.62. The predicted molar refractivity (Wildman–Crippen MR) is 130 cm³/mol. The molecule has 2 aromatic rings. The van der Waals surface area contributed by atoms with Crippen molar-refractivity contribution in [3.8, 4) is 11.5 Å². The number of unbranched alkanes of at least 4 members (excludes halogenated alkanes) is 1. The predicted octanol–water partition coefficient (Wildman–Crippen LogP) is 4.73. The zero-order valence-electron chi connectivity index (χ0n) is 19.3. The summed E-state index contributed by atoms with van der Waals surface area (Å²) in [6.07, 6.45) is 2.80. The van der Waals surface area contributed by atoms with Crippen molar-refractivity contribution in [1.29, 1.82) is 0 Å². The first-order chi connectivity index (χ1) is 15.4. The Kier molecular flexibility index (Phi) is 10.5. The van der Waals surface area contributed by atoms with Crippen LogP contribution < -0.4 is 14.8 Å². The molecule has 0 aliphatic carbocycles. The van der Waals surface area contributed by atoms with E-state index < -0.39 is 6.04 Å². The summed E-state index contributed by atoms with van der Waals surface area (Å²) in [4.78, 5) is 27.4. The number of nitrogens with one attached hydrogen (secondary N) is 1. The van der Waals surface area contributed by atoms with E-state index in [0.29, 0.717) is 18.8 Å². The normalized spacial score (nSPS) is 11.5. The second kappa shape index (κ2) is 13.1. The van der Waals surface area contributed by atoms with Crippen LogP contribution in [0.25, 0.3) is 0 Å². The number of rotatable bonds is 12. The van der Waals surface area contributed by atoms with Gasteiger partial charge in [0.15, 0.2) is 6.61 Å². The summed E-state index contributed by atoms with van der Waals surface area (Å²) in [5, 5.41) is 2.92. The Bertz CT molecular complexity index is 886. The lowest BCUT2D eigenvalue weighted by molar-refractivity contribution is -0.142. The number of carbonyl (C=O) groups excluding carboxylic acids is 2. The van der Waals surface area contributed by atoms with Crippen molar-refractivity contribution in [1.82, 2.24) is 10.2 Å². The van der Waals surface area contributed by atoms with Gasteiger partial charge in [0.2, 0.25) is 5.91 Å². The van der Waals surface area contributed by atoms with Crippen molar-refractivity contribution in [2.75, 3.05) is 20.3 Å². The number of halogens is 1. The van der Waals surface area contributed by atoms with Crippen LogP contribution in [0.5, 0.6) is 11.5 Å². The first-order valence-electron chi connectivity index (χ1n) is 11.0. The van der Waals surface area contributed by atoms with Crippen LogP contribution >= 0.6 is 15.9 Å². The monoisotopic (exact) mass is 504 g/mol. The number of nitrogens with zero attached hydrogens (tertiary/aromatic N) is 1. The number of benzene rings is 2. The molecule has 0 saturated carbocycles. The van der Waals surface area contributed by atoms with Crippen molar-refractivity contribution < 1.29 is 19.1 Å². The molecule has 7 heteroatoms. The summed E-state index contributed by atoms with van der Waals surface area (Å²) < 4.78 is 11.8. The molecule has 2 aromatic carbocycles. The largest absolute Gasteiger partial charge is 0.497 e. The minimum atomic E-state index is -0.629. The van der Waals surface area contributed by atoms with Gasteiger partial charge in [0.1, 0.15) is 17.5 Å². The van der Waals surface area contributed by atoms with Crippen molar-refractivity contribution >= 4 is 27.7 Å². The van der Waals surface area contributed by atoms with E-state index in [0.717, 1.165) is 35.0 Å².